The van der Waals surface area contributed by atoms with Gasteiger partial charge in [0.1, 0.15) is 0 Å². The van der Waals surface area contributed by atoms with Gasteiger partial charge in [-0.05, 0) is 60.7 Å². The number of hydrogen-bond donors (Lipinski definition) is 0. The Labute approximate surface area is 200 Å². The van der Waals surface area contributed by atoms with Crippen molar-refractivity contribution in [3.05, 3.63) is 109 Å². The third-order valence-electron chi connectivity index (χ3n) is 6.75. The van der Waals surface area contributed by atoms with Crippen LogP contribution in [-0.4, -0.2) is 4.57 Å². The number of fused-ring (bicyclic) bond motifs is 7. The van der Waals surface area contributed by atoms with Crippen LogP contribution in [0.4, 0.5) is 17.1 Å². The Bertz CT molecular complexity index is 1740. The van der Waals surface area contributed by atoms with Gasteiger partial charge in [-0.1, -0.05) is 60.3 Å². The molecule has 0 amide bonds. The Morgan fingerprint density at radius 3 is 2.03 bits per heavy atom. The van der Waals surface area contributed by atoms with Gasteiger partial charge in [0, 0.05) is 26.3 Å². The summed E-state index contributed by atoms with van der Waals surface area (Å²) in [5.74, 6) is 1.74. The lowest BCUT2D eigenvalue weighted by molar-refractivity contribution is 0.477. The molecule has 5 aromatic carbocycles. The lowest BCUT2D eigenvalue weighted by Gasteiger charge is -2.32. The summed E-state index contributed by atoms with van der Waals surface area (Å²) < 4.78 is 8.65. The van der Waals surface area contributed by atoms with E-state index < -0.39 is 0 Å². The van der Waals surface area contributed by atoms with Crippen molar-refractivity contribution >= 4 is 50.6 Å². The normalized spacial score (nSPS) is 13.4. The fraction of sp³-hybridized carbons (Fsp3) is 0. The average molecular weight is 455 g/mol. The smallest absolute Gasteiger partial charge is 0.151 e. The van der Waals surface area contributed by atoms with Gasteiger partial charge in [0.2, 0.25) is 0 Å². The van der Waals surface area contributed by atoms with Crippen molar-refractivity contribution in [2.24, 2.45) is 0 Å². The van der Waals surface area contributed by atoms with Crippen LogP contribution in [0.3, 0.4) is 0 Å². The second-order valence-electron chi connectivity index (χ2n) is 8.63. The molecule has 3 nitrogen and oxygen atoms in total. The molecular formula is C30H18N2OS. The van der Waals surface area contributed by atoms with Gasteiger partial charge in [-0.25, -0.2) is 0 Å². The quantitative estimate of drug-likeness (QED) is 0.247. The van der Waals surface area contributed by atoms with E-state index in [9.17, 15) is 0 Å². The van der Waals surface area contributed by atoms with Crippen molar-refractivity contribution in [2.45, 2.75) is 9.79 Å². The number of ether oxygens (including phenoxy) is 1. The molecule has 0 N–H and O–H groups in total. The third-order valence-corrected chi connectivity index (χ3v) is 7.86. The molecule has 0 unspecified atom stereocenters. The van der Waals surface area contributed by atoms with Gasteiger partial charge in [-0.3, -0.25) is 0 Å². The van der Waals surface area contributed by atoms with Crippen molar-refractivity contribution < 1.29 is 4.74 Å². The second kappa shape index (κ2) is 6.69. The molecule has 0 saturated heterocycles. The van der Waals surface area contributed by atoms with E-state index in [1.165, 1.54) is 37.3 Å². The molecule has 34 heavy (non-hydrogen) atoms. The van der Waals surface area contributed by atoms with Crippen LogP contribution in [0.25, 0.3) is 27.5 Å². The number of aromatic nitrogens is 1. The van der Waals surface area contributed by atoms with Crippen LogP contribution >= 0.6 is 11.8 Å². The number of para-hydroxylation sites is 6. The van der Waals surface area contributed by atoms with Gasteiger partial charge >= 0.3 is 0 Å². The lowest BCUT2D eigenvalue weighted by Crippen LogP contribution is -2.15. The van der Waals surface area contributed by atoms with Crippen molar-refractivity contribution in [3.63, 3.8) is 0 Å². The van der Waals surface area contributed by atoms with Crippen LogP contribution < -0.4 is 9.64 Å². The van der Waals surface area contributed by atoms with Crippen LogP contribution in [0.15, 0.2) is 119 Å². The van der Waals surface area contributed by atoms with Gasteiger partial charge in [0.05, 0.1) is 28.1 Å². The highest BCUT2D eigenvalue weighted by Gasteiger charge is 2.27. The molecular weight excluding hydrogens is 436 g/mol. The van der Waals surface area contributed by atoms with Crippen molar-refractivity contribution in [3.8, 4) is 17.2 Å². The highest BCUT2D eigenvalue weighted by molar-refractivity contribution is 7.99. The van der Waals surface area contributed by atoms with E-state index in [2.05, 4.69) is 94.4 Å². The van der Waals surface area contributed by atoms with Gasteiger partial charge < -0.3 is 14.2 Å². The first-order valence-corrected chi connectivity index (χ1v) is 12.2. The number of benzene rings is 5. The highest BCUT2D eigenvalue weighted by atomic mass is 32.2. The summed E-state index contributed by atoms with van der Waals surface area (Å²) >= 11 is 1.86. The van der Waals surface area contributed by atoms with Gasteiger partial charge in [0.25, 0.3) is 0 Å². The fourth-order valence-corrected chi connectivity index (χ4v) is 6.42. The topological polar surface area (TPSA) is 17.4 Å². The molecule has 2 aliphatic heterocycles. The monoisotopic (exact) mass is 454 g/mol. The van der Waals surface area contributed by atoms with E-state index in [0.717, 1.165) is 28.6 Å². The predicted molar refractivity (Wildman–Crippen MR) is 140 cm³/mol. The summed E-state index contributed by atoms with van der Waals surface area (Å²) in [5.41, 5.74) is 7.00. The number of hydrogen-bond acceptors (Lipinski definition) is 3. The zero-order valence-electron chi connectivity index (χ0n) is 18.1. The molecule has 2 aliphatic rings. The summed E-state index contributed by atoms with van der Waals surface area (Å²) in [7, 11) is 0. The van der Waals surface area contributed by atoms with E-state index >= 15 is 0 Å². The van der Waals surface area contributed by atoms with E-state index in [4.69, 9.17) is 4.74 Å². The van der Waals surface area contributed by atoms with Crippen LogP contribution in [0.2, 0.25) is 0 Å². The van der Waals surface area contributed by atoms with Crippen LogP contribution in [0, 0.1) is 0 Å². The van der Waals surface area contributed by atoms with Gasteiger partial charge in [0.15, 0.2) is 11.5 Å². The SMILES string of the molecule is c1ccc2c(c1)Oc1ccccc1N2c1ccc2c(c1)c1cccc3c1n2-c1ccccc1S3. The van der Waals surface area contributed by atoms with Crippen molar-refractivity contribution in [2.75, 3.05) is 4.90 Å². The van der Waals surface area contributed by atoms with E-state index in [1.807, 2.05) is 36.0 Å². The molecule has 0 radical (unpaired) electrons. The Balaban J connectivity index is 1.43. The van der Waals surface area contributed by atoms with Crippen molar-refractivity contribution in [1.29, 1.82) is 0 Å². The van der Waals surface area contributed by atoms with Crippen molar-refractivity contribution in [1.82, 2.24) is 4.57 Å². The molecule has 0 aliphatic carbocycles. The molecule has 1 aromatic heterocycles. The zero-order chi connectivity index (χ0) is 22.2. The van der Waals surface area contributed by atoms with Crippen LogP contribution in [0.1, 0.15) is 0 Å². The summed E-state index contributed by atoms with van der Waals surface area (Å²) in [5, 5.41) is 2.54. The molecule has 6 aromatic rings. The van der Waals surface area contributed by atoms with E-state index in [1.54, 1.807) is 0 Å². The number of rotatable bonds is 1. The minimum absolute atomic E-state index is 0.870. The third kappa shape index (κ3) is 2.38. The Morgan fingerprint density at radius 2 is 1.24 bits per heavy atom. The molecule has 8 rings (SSSR count). The number of nitrogens with zero attached hydrogens (tertiary/aromatic N) is 2. The summed E-state index contributed by atoms with van der Waals surface area (Å²) in [4.78, 5) is 4.90. The second-order valence-corrected chi connectivity index (χ2v) is 9.72. The maximum absolute atomic E-state index is 6.22. The number of anilines is 3. The molecule has 3 heterocycles. The summed E-state index contributed by atoms with van der Waals surface area (Å²) in [6, 6.07) is 38.6. The van der Waals surface area contributed by atoms with Gasteiger partial charge in [-0.2, -0.15) is 0 Å². The van der Waals surface area contributed by atoms with Gasteiger partial charge in [-0.15, -0.1) is 0 Å². The zero-order valence-corrected chi connectivity index (χ0v) is 18.9. The minimum atomic E-state index is 0.870. The molecule has 0 bridgehead atoms. The first-order valence-electron chi connectivity index (χ1n) is 11.4. The van der Waals surface area contributed by atoms with E-state index in [0.29, 0.717) is 0 Å². The Morgan fingerprint density at radius 1 is 0.559 bits per heavy atom. The summed E-state index contributed by atoms with van der Waals surface area (Å²) in [6.07, 6.45) is 0. The Kier molecular flexibility index (Phi) is 3.60. The van der Waals surface area contributed by atoms with Crippen LogP contribution in [-0.2, 0) is 0 Å². The molecule has 0 spiro atoms. The average Bonchev–Trinajstić information content (AvgIpc) is 3.23. The predicted octanol–water partition coefficient (Wildman–Crippen LogP) is 8.82. The Hall–Kier alpha value is -4.15. The first kappa shape index (κ1) is 18.3. The standard InChI is InChI=1S/C30H18N2OS/c1-4-12-26-23(9-1)31(24-10-2-5-13-27(24)33-26)19-16-17-22-21(18-19)20-8-7-15-29-30(20)32(22)25-11-3-6-14-28(25)34-29/h1-18H. The molecule has 4 heteroatoms. The largest absolute Gasteiger partial charge is 0.453 e. The molecule has 0 atom stereocenters. The maximum atomic E-state index is 6.22. The maximum Gasteiger partial charge on any atom is 0.151 e. The van der Waals surface area contributed by atoms with Crippen LogP contribution in [0.5, 0.6) is 11.5 Å². The minimum Gasteiger partial charge on any atom is -0.453 e. The molecule has 0 saturated carbocycles. The fourth-order valence-electron chi connectivity index (χ4n) is 5.33. The first-order chi connectivity index (χ1) is 16.9. The molecule has 0 fully saturated rings. The van der Waals surface area contributed by atoms with E-state index in [-0.39, 0.29) is 0 Å². The molecule has 160 valence electrons. The lowest BCUT2D eigenvalue weighted by atomic mass is 10.1. The highest BCUT2D eigenvalue weighted by Crippen LogP contribution is 2.52. The summed E-state index contributed by atoms with van der Waals surface area (Å²) in [6.45, 7) is 0.